The number of nitrogens with zero attached hydrogens (tertiary/aromatic N) is 1. The molecule has 1 radical (unpaired) electrons. The van der Waals surface area contributed by atoms with E-state index in [4.69, 9.17) is 0 Å². The van der Waals surface area contributed by atoms with E-state index in [1.165, 1.54) is 5.56 Å². The summed E-state index contributed by atoms with van der Waals surface area (Å²) >= 11 is 4.68. The Morgan fingerprint density at radius 2 is 2.00 bits per heavy atom. The van der Waals surface area contributed by atoms with Gasteiger partial charge >= 0.3 is 0 Å². The molecule has 4 heteroatoms. The summed E-state index contributed by atoms with van der Waals surface area (Å²) in [4.78, 5) is 9.84. The SMILES string of the molecule is O=[N+]([O-])C([S])CCCc1ccccc1. The summed E-state index contributed by atoms with van der Waals surface area (Å²) in [6, 6.07) is 9.92. The summed E-state index contributed by atoms with van der Waals surface area (Å²) in [6.07, 6.45) is 2.11. The van der Waals surface area contributed by atoms with Gasteiger partial charge in [-0.25, -0.2) is 0 Å². The predicted molar refractivity (Wildman–Crippen MR) is 57.8 cm³/mol. The van der Waals surface area contributed by atoms with Gasteiger partial charge in [-0.2, -0.15) is 0 Å². The molecule has 0 aromatic heterocycles. The van der Waals surface area contributed by atoms with E-state index in [9.17, 15) is 10.1 Å². The first kappa shape index (κ1) is 11.0. The zero-order valence-corrected chi connectivity index (χ0v) is 8.57. The molecule has 3 nitrogen and oxygen atoms in total. The van der Waals surface area contributed by atoms with Crippen LogP contribution >= 0.6 is 12.6 Å². The molecular weight excluding hydrogens is 198 g/mol. The zero-order valence-electron chi connectivity index (χ0n) is 7.76. The normalized spacial score (nSPS) is 12.4. The van der Waals surface area contributed by atoms with E-state index in [1.54, 1.807) is 0 Å². The summed E-state index contributed by atoms with van der Waals surface area (Å²) in [5, 5.41) is 9.41. The van der Waals surface area contributed by atoms with Crippen LogP contribution in [0.2, 0.25) is 0 Å². The van der Waals surface area contributed by atoms with Crippen LogP contribution in [0.3, 0.4) is 0 Å². The Labute approximate surface area is 88.7 Å². The van der Waals surface area contributed by atoms with E-state index in [0.717, 1.165) is 12.8 Å². The Kier molecular flexibility index (Phi) is 4.46. The molecule has 0 spiro atoms. The topological polar surface area (TPSA) is 43.1 Å². The largest absolute Gasteiger partial charge is 0.268 e. The van der Waals surface area contributed by atoms with Gasteiger partial charge in [-0.1, -0.05) is 30.3 Å². The van der Waals surface area contributed by atoms with Crippen LogP contribution in [-0.2, 0) is 6.42 Å². The fourth-order valence-corrected chi connectivity index (χ4v) is 1.40. The van der Waals surface area contributed by atoms with E-state index in [0.29, 0.717) is 6.42 Å². The molecule has 1 aromatic carbocycles. The maximum atomic E-state index is 10.2. The van der Waals surface area contributed by atoms with Crippen LogP contribution in [0.15, 0.2) is 30.3 Å². The van der Waals surface area contributed by atoms with Crippen LogP contribution in [0.5, 0.6) is 0 Å². The van der Waals surface area contributed by atoms with Gasteiger partial charge in [-0.3, -0.25) is 10.1 Å². The quantitative estimate of drug-likeness (QED) is 0.554. The van der Waals surface area contributed by atoms with Crippen molar-refractivity contribution in [2.24, 2.45) is 0 Å². The molecule has 1 aromatic rings. The average Bonchev–Trinajstić information content (AvgIpc) is 2.19. The van der Waals surface area contributed by atoms with Gasteiger partial charge in [0.15, 0.2) is 0 Å². The molecule has 0 bridgehead atoms. The van der Waals surface area contributed by atoms with Gasteiger partial charge in [0.1, 0.15) is 0 Å². The van der Waals surface area contributed by atoms with Crippen molar-refractivity contribution in [3.63, 3.8) is 0 Å². The molecule has 0 saturated heterocycles. The molecule has 14 heavy (non-hydrogen) atoms. The number of hydrogen-bond acceptors (Lipinski definition) is 2. The van der Waals surface area contributed by atoms with Gasteiger partial charge in [0.2, 0.25) is 0 Å². The van der Waals surface area contributed by atoms with Crippen molar-refractivity contribution < 1.29 is 4.92 Å². The van der Waals surface area contributed by atoms with Crippen molar-refractivity contribution in [1.82, 2.24) is 0 Å². The molecule has 0 saturated carbocycles. The standard InChI is InChI=1S/C10H12NO2S/c12-11(13)10(14)8-4-7-9-5-2-1-3-6-9/h1-3,5-6,10H,4,7-8H2. The minimum atomic E-state index is -0.835. The van der Waals surface area contributed by atoms with Crippen molar-refractivity contribution in [2.75, 3.05) is 0 Å². The van der Waals surface area contributed by atoms with Crippen molar-refractivity contribution in [3.8, 4) is 0 Å². The molecule has 0 amide bonds. The Balaban J connectivity index is 2.26. The summed E-state index contributed by atoms with van der Waals surface area (Å²) in [7, 11) is 0. The van der Waals surface area contributed by atoms with Gasteiger partial charge < -0.3 is 0 Å². The lowest BCUT2D eigenvalue weighted by molar-refractivity contribution is -0.495. The lowest BCUT2D eigenvalue weighted by Gasteiger charge is -2.02. The van der Waals surface area contributed by atoms with Crippen LogP contribution in [0, 0.1) is 10.1 Å². The predicted octanol–water partition coefficient (Wildman–Crippen LogP) is 2.81. The zero-order chi connectivity index (χ0) is 10.4. The number of nitro groups is 1. The second-order valence-corrected chi connectivity index (χ2v) is 3.66. The molecule has 0 aliphatic carbocycles. The third-order valence-electron chi connectivity index (χ3n) is 1.99. The number of rotatable bonds is 5. The number of benzene rings is 1. The van der Waals surface area contributed by atoms with Crippen LogP contribution in [0.25, 0.3) is 0 Å². The van der Waals surface area contributed by atoms with Crippen molar-refractivity contribution in [2.45, 2.75) is 24.6 Å². The van der Waals surface area contributed by atoms with E-state index in [2.05, 4.69) is 12.6 Å². The van der Waals surface area contributed by atoms with Crippen molar-refractivity contribution in [1.29, 1.82) is 0 Å². The van der Waals surface area contributed by atoms with E-state index < -0.39 is 10.3 Å². The summed E-state index contributed by atoms with van der Waals surface area (Å²) in [5.74, 6) is 0. The van der Waals surface area contributed by atoms with Crippen LogP contribution < -0.4 is 0 Å². The maximum absolute atomic E-state index is 10.2. The summed E-state index contributed by atoms with van der Waals surface area (Å²) < 4.78 is 0. The minimum absolute atomic E-state index is 0.402. The average molecular weight is 210 g/mol. The Morgan fingerprint density at radius 1 is 1.36 bits per heavy atom. The molecular formula is C10H12NO2S. The Hall–Kier alpha value is -1.03. The van der Waals surface area contributed by atoms with Gasteiger partial charge in [-0.15, -0.1) is 0 Å². The smallest absolute Gasteiger partial charge is 0.263 e. The number of aryl methyl sites for hydroxylation is 1. The second-order valence-electron chi connectivity index (χ2n) is 3.12. The summed E-state index contributed by atoms with van der Waals surface area (Å²) in [5.41, 5.74) is 1.21. The molecule has 0 N–H and O–H groups in total. The third kappa shape index (κ3) is 3.79. The van der Waals surface area contributed by atoms with Gasteiger partial charge in [-0.05, 0) is 31.0 Å². The molecule has 1 unspecified atom stereocenters. The molecule has 75 valence electrons. The highest BCUT2D eigenvalue weighted by molar-refractivity contribution is 7.80. The molecule has 0 fully saturated rings. The van der Waals surface area contributed by atoms with E-state index in [-0.39, 0.29) is 0 Å². The van der Waals surface area contributed by atoms with E-state index >= 15 is 0 Å². The first-order valence-corrected chi connectivity index (χ1v) is 5.00. The van der Waals surface area contributed by atoms with Gasteiger partial charge in [0.05, 0.1) is 0 Å². The fourth-order valence-electron chi connectivity index (χ4n) is 1.23. The van der Waals surface area contributed by atoms with E-state index in [1.807, 2.05) is 30.3 Å². The molecule has 0 aliphatic heterocycles. The highest BCUT2D eigenvalue weighted by Crippen LogP contribution is 2.09. The van der Waals surface area contributed by atoms with Gasteiger partial charge in [0.25, 0.3) is 5.37 Å². The highest BCUT2D eigenvalue weighted by atomic mass is 32.1. The van der Waals surface area contributed by atoms with Crippen LogP contribution in [-0.4, -0.2) is 10.3 Å². The van der Waals surface area contributed by atoms with Crippen molar-refractivity contribution >= 4 is 12.6 Å². The molecule has 0 heterocycles. The molecule has 1 rings (SSSR count). The van der Waals surface area contributed by atoms with Crippen molar-refractivity contribution in [3.05, 3.63) is 46.0 Å². The van der Waals surface area contributed by atoms with Crippen LogP contribution in [0.4, 0.5) is 0 Å². The summed E-state index contributed by atoms with van der Waals surface area (Å²) in [6.45, 7) is 0. The maximum Gasteiger partial charge on any atom is 0.268 e. The molecule has 0 aliphatic rings. The fraction of sp³-hybridized carbons (Fsp3) is 0.400. The lowest BCUT2D eigenvalue weighted by atomic mass is 10.1. The second kappa shape index (κ2) is 5.65. The lowest BCUT2D eigenvalue weighted by Crippen LogP contribution is -2.11. The third-order valence-corrected chi connectivity index (χ3v) is 2.40. The Morgan fingerprint density at radius 3 is 2.57 bits per heavy atom. The Bertz CT molecular complexity index is 289. The molecule has 1 atom stereocenters. The number of hydrogen-bond donors (Lipinski definition) is 0. The first-order chi connectivity index (χ1) is 6.70. The first-order valence-electron chi connectivity index (χ1n) is 4.53. The highest BCUT2D eigenvalue weighted by Gasteiger charge is 2.13. The van der Waals surface area contributed by atoms with Gasteiger partial charge in [0, 0.05) is 11.3 Å². The van der Waals surface area contributed by atoms with Crippen LogP contribution in [0.1, 0.15) is 18.4 Å². The minimum Gasteiger partial charge on any atom is -0.263 e. The monoisotopic (exact) mass is 210 g/mol.